The van der Waals surface area contributed by atoms with Crippen LogP contribution in [0.3, 0.4) is 0 Å². The Hall–Kier alpha value is -0.520. The molecule has 1 aliphatic rings. The summed E-state index contributed by atoms with van der Waals surface area (Å²) in [6.07, 6.45) is -0.915. The molecule has 0 aromatic rings. The number of alkyl halides is 4. The zero-order valence-corrected chi connectivity index (χ0v) is 6.80. The van der Waals surface area contributed by atoms with Crippen LogP contribution in [0.2, 0.25) is 0 Å². The zero-order chi connectivity index (χ0) is 8.48. The number of hydrogen-bond acceptors (Lipinski definition) is 2. The van der Waals surface area contributed by atoms with E-state index in [0.29, 0.717) is 0 Å². The van der Waals surface area contributed by atoms with E-state index in [-0.39, 0.29) is 4.90 Å². The highest BCUT2D eigenvalue weighted by Gasteiger charge is 2.39. The third-order valence-corrected chi connectivity index (χ3v) is 1.74. The van der Waals surface area contributed by atoms with Crippen molar-refractivity contribution >= 4 is 22.1 Å². The Morgan fingerprint density at radius 1 is 1.45 bits per heavy atom. The van der Waals surface area contributed by atoms with Crippen molar-refractivity contribution in [2.24, 2.45) is 4.99 Å². The largest absolute Gasteiger partial charge is 0.486 e. The number of hydrogen-bond donors (Lipinski definition) is 0. The van der Waals surface area contributed by atoms with Gasteiger partial charge in [0.15, 0.2) is 5.08 Å². The monoisotopic (exact) mass is 228 g/mol. The van der Waals surface area contributed by atoms with E-state index < -0.39 is 11.4 Å². The van der Waals surface area contributed by atoms with Crippen LogP contribution in [0, 0.1) is 0 Å². The maximum Gasteiger partial charge on any atom is 0.486 e. The highest BCUT2D eigenvalue weighted by atomic mass is 79.9. The lowest BCUT2D eigenvalue weighted by Crippen LogP contribution is -2.38. The van der Waals surface area contributed by atoms with Crippen molar-refractivity contribution in [2.45, 2.75) is 11.4 Å². The summed E-state index contributed by atoms with van der Waals surface area (Å²) in [5, 5.41) is -1.03. The van der Waals surface area contributed by atoms with Gasteiger partial charge >= 0.3 is 6.30 Å². The van der Waals surface area contributed by atoms with Gasteiger partial charge in [-0.05, 0) is 22.0 Å². The highest BCUT2D eigenvalue weighted by Crippen LogP contribution is 2.28. The molecule has 0 radical (unpaired) electrons. The van der Waals surface area contributed by atoms with E-state index in [1.807, 2.05) is 0 Å². The molecule has 62 valence electrons. The third kappa shape index (κ3) is 1.95. The van der Waals surface area contributed by atoms with Gasteiger partial charge < -0.3 is 0 Å². The average Bonchev–Trinajstić information content (AvgIpc) is 1.86. The summed E-state index contributed by atoms with van der Waals surface area (Å²) in [5.74, 6) is 0. The molecule has 0 N–H and O–H groups in total. The minimum atomic E-state index is -4.37. The second kappa shape index (κ2) is 2.84. The summed E-state index contributed by atoms with van der Waals surface area (Å²) in [7, 11) is 0. The first-order valence-corrected chi connectivity index (χ1v) is 3.62. The van der Waals surface area contributed by atoms with E-state index in [0.717, 1.165) is 6.20 Å². The van der Waals surface area contributed by atoms with Crippen LogP contribution in [0.1, 0.15) is 0 Å². The number of aliphatic imine (C=N–C) groups is 1. The predicted octanol–water partition coefficient (Wildman–Crippen LogP) is 2.08. The normalized spacial score (nSPS) is 24.4. The van der Waals surface area contributed by atoms with Crippen molar-refractivity contribution in [3.63, 3.8) is 0 Å². The molecule has 0 saturated heterocycles. The Bertz CT molecular complexity index is 198. The second-order valence-corrected chi connectivity index (χ2v) is 2.64. The van der Waals surface area contributed by atoms with Gasteiger partial charge in [-0.25, -0.2) is 0 Å². The molecule has 0 aromatic carbocycles. The Morgan fingerprint density at radius 3 is 2.45 bits per heavy atom. The SMILES string of the molecule is FC(F)(F)N1C=CC=NC1Br. The maximum absolute atomic E-state index is 12.0. The van der Waals surface area contributed by atoms with Gasteiger partial charge in [0.05, 0.1) is 0 Å². The molecule has 1 heterocycles. The summed E-state index contributed by atoms with van der Waals surface area (Å²) < 4.78 is 35.9. The van der Waals surface area contributed by atoms with Crippen molar-refractivity contribution in [3.05, 3.63) is 12.3 Å². The summed E-state index contributed by atoms with van der Waals surface area (Å²) in [4.78, 5) is 3.65. The molecule has 1 aliphatic heterocycles. The molecule has 0 aromatic heterocycles. The molecule has 0 saturated carbocycles. The van der Waals surface area contributed by atoms with Crippen LogP contribution < -0.4 is 0 Å². The van der Waals surface area contributed by atoms with E-state index in [2.05, 4.69) is 20.9 Å². The minimum absolute atomic E-state index is 0.160. The average molecular weight is 229 g/mol. The molecule has 2 nitrogen and oxygen atoms in total. The van der Waals surface area contributed by atoms with Gasteiger partial charge in [0, 0.05) is 12.4 Å². The van der Waals surface area contributed by atoms with Crippen LogP contribution in [-0.2, 0) is 0 Å². The topological polar surface area (TPSA) is 15.6 Å². The van der Waals surface area contributed by atoms with E-state index in [1.165, 1.54) is 12.3 Å². The van der Waals surface area contributed by atoms with Crippen LogP contribution >= 0.6 is 15.9 Å². The predicted molar refractivity (Wildman–Crippen MR) is 38.2 cm³/mol. The summed E-state index contributed by atoms with van der Waals surface area (Å²) in [6, 6.07) is 0. The Balaban J connectivity index is 2.74. The summed E-state index contributed by atoms with van der Waals surface area (Å²) in [6.45, 7) is 0. The number of rotatable bonds is 0. The van der Waals surface area contributed by atoms with Gasteiger partial charge in [-0.1, -0.05) is 0 Å². The van der Waals surface area contributed by atoms with E-state index in [9.17, 15) is 13.2 Å². The maximum atomic E-state index is 12.0. The molecule has 11 heavy (non-hydrogen) atoms. The van der Waals surface area contributed by atoms with Crippen LogP contribution in [0.4, 0.5) is 13.2 Å². The third-order valence-electron chi connectivity index (χ3n) is 1.06. The van der Waals surface area contributed by atoms with Crippen LogP contribution in [0.25, 0.3) is 0 Å². The first-order chi connectivity index (χ1) is 5.02. The number of nitrogens with zero attached hydrogens (tertiary/aromatic N) is 2. The van der Waals surface area contributed by atoms with Gasteiger partial charge in [-0.15, -0.1) is 13.2 Å². The van der Waals surface area contributed by atoms with Crippen LogP contribution in [-0.4, -0.2) is 22.5 Å². The second-order valence-electron chi connectivity index (χ2n) is 1.83. The fourth-order valence-electron chi connectivity index (χ4n) is 0.600. The fourth-order valence-corrected chi connectivity index (χ4v) is 1.11. The molecular weight excluding hydrogens is 225 g/mol. The molecule has 0 bridgehead atoms. The smallest absolute Gasteiger partial charge is 0.258 e. The van der Waals surface area contributed by atoms with Crippen molar-refractivity contribution in [1.29, 1.82) is 0 Å². The minimum Gasteiger partial charge on any atom is -0.258 e. The molecule has 1 unspecified atom stereocenters. The first kappa shape index (κ1) is 8.58. The molecular formula is C5H4BrF3N2. The summed E-state index contributed by atoms with van der Waals surface area (Å²) >= 11 is 2.75. The van der Waals surface area contributed by atoms with Crippen molar-refractivity contribution in [1.82, 2.24) is 4.90 Å². The van der Waals surface area contributed by atoms with Crippen LogP contribution in [0.15, 0.2) is 17.3 Å². The van der Waals surface area contributed by atoms with Gasteiger partial charge in [-0.3, -0.25) is 9.89 Å². The highest BCUT2D eigenvalue weighted by molar-refractivity contribution is 9.09. The molecule has 6 heteroatoms. The molecule has 1 rings (SSSR count). The molecule has 0 aliphatic carbocycles. The number of halogens is 4. The first-order valence-electron chi connectivity index (χ1n) is 2.71. The van der Waals surface area contributed by atoms with Gasteiger partial charge in [0.25, 0.3) is 0 Å². The van der Waals surface area contributed by atoms with Crippen molar-refractivity contribution < 1.29 is 13.2 Å². The molecule has 0 amide bonds. The van der Waals surface area contributed by atoms with Crippen molar-refractivity contribution in [2.75, 3.05) is 0 Å². The molecule has 0 fully saturated rings. The fraction of sp³-hybridized carbons (Fsp3) is 0.400. The number of allylic oxidation sites excluding steroid dienone is 1. The Kier molecular flexibility index (Phi) is 2.22. The van der Waals surface area contributed by atoms with Gasteiger partial charge in [0.1, 0.15) is 0 Å². The zero-order valence-electron chi connectivity index (χ0n) is 5.22. The summed E-state index contributed by atoms with van der Waals surface area (Å²) in [5.41, 5.74) is 0. The molecule has 1 atom stereocenters. The van der Waals surface area contributed by atoms with Crippen LogP contribution in [0.5, 0.6) is 0 Å². The van der Waals surface area contributed by atoms with Gasteiger partial charge in [0.2, 0.25) is 0 Å². The lowest BCUT2D eigenvalue weighted by molar-refractivity contribution is -0.229. The molecule has 0 spiro atoms. The lowest BCUT2D eigenvalue weighted by Gasteiger charge is -2.26. The standard InChI is InChI=1S/C5H4BrF3N2/c6-4-10-2-1-3-11(4)5(7,8)9/h1-4H. The van der Waals surface area contributed by atoms with Crippen molar-refractivity contribution in [3.8, 4) is 0 Å². The van der Waals surface area contributed by atoms with E-state index in [1.54, 1.807) is 0 Å². The Morgan fingerprint density at radius 2 is 2.09 bits per heavy atom. The van der Waals surface area contributed by atoms with Gasteiger partial charge in [-0.2, -0.15) is 0 Å². The Labute approximate surface area is 69.5 Å². The quantitative estimate of drug-likeness (QED) is 0.458. The van der Waals surface area contributed by atoms with E-state index in [4.69, 9.17) is 0 Å². The lowest BCUT2D eigenvalue weighted by atomic mass is 10.5. The van der Waals surface area contributed by atoms with E-state index >= 15 is 0 Å².